The lowest BCUT2D eigenvalue weighted by atomic mass is 10.2. The number of anilines is 1. The highest BCUT2D eigenvalue weighted by atomic mass is 35.5. The van der Waals surface area contributed by atoms with Crippen LogP contribution in [0.3, 0.4) is 0 Å². The van der Waals surface area contributed by atoms with Gasteiger partial charge in [0.15, 0.2) is 6.29 Å². The average molecular weight is 501 g/mol. The van der Waals surface area contributed by atoms with E-state index in [2.05, 4.69) is 0 Å². The summed E-state index contributed by atoms with van der Waals surface area (Å²) in [6.07, 6.45) is -1.33. The molecule has 11 heteroatoms. The van der Waals surface area contributed by atoms with Crippen LogP contribution in [0, 0.1) is 6.92 Å². The van der Waals surface area contributed by atoms with Crippen molar-refractivity contribution in [1.82, 2.24) is 4.31 Å². The molecule has 0 N–H and O–H groups in total. The number of nitrogens with zero attached hydrogens (tertiary/aromatic N) is 2. The third kappa shape index (κ3) is 4.83. The summed E-state index contributed by atoms with van der Waals surface area (Å²) in [5.41, 5.74) is 1.31. The van der Waals surface area contributed by atoms with Crippen LogP contribution in [0.1, 0.15) is 12.0 Å². The van der Waals surface area contributed by atoms with Gasteiger partial charge in [0.25, 0.3) is 5.91 Å². The Hall–Kier alpha value is -2.01. The van der Waals surface area contributed by atoms with Gasteiger partial charge >= 0.3 is 0 Å². The van der Waals surface area contributed by atoms with Gasteiger partial charge < -0.3 is 9.47 Å². The predicted molar refractivity (Wildman–Crippen MR) is 120 cm³/mol. The monoisotopic (exact) mass is 500 g/mol. The molecule has 1 aliphatic heterocycles. The molecule has 0 aromatic heterocycles. The van der Waals surface area contributed by atoms with Crippen molar-refractivity contribution >= 4 is 50.7 Å². The Kier molecular flexibility index (Phi) is 7.59. The zero-order valence-corrected chi connectivity index (χ0v) is 19.9. The number of carbonyl (C=O) groups excluding carboxylic acids is 2. The van der Waals surface area contributed by atoms with Gasteiger partial charge in [0, 0.05) is 19.2 Å². The van der Waals surface area contributed by atoms with Gasteiger partial charge in [-0.1, -0.05) is 40.9 Å². The Morgan fingerprint density at radius 2 is 1.72 bits per heavy atom. The summed E-state index contributed by atoms with van der Waals surface area (Å²) < 4.78 is 38.4. The number of hydrogen-bond donors (Lipinski definition) is 0. The van der Waals surface area contributed by atoms with E-state index in [4.69, 9.17) is 32.7 Å². The zero-order valence-electron chi connectivity index (χ0n) is 17.6. The SMILES string of the molecule is COC(CN(C1CC(=O)N(c2ccc(C)cc2)C1=O)S(=O)(=O)c1cc(Cl)ccc1Cl)OC. The second-order valence-electron chi connectivity index (χ2n) is 7.17. The van der Waals surface area contributed by atoms with E-state index in [1.54, 1.807) is 24.3 Å². The third-order valence-corrected chi connectivity index (χ3v) is 7.69. The molecule has 1 fully saturated rings. The Morgan fingerprint density at radius 3 is 2.31 bits per heavy atom. The Balaban J connectivity index is 2.06. The molecule has 2 amide bonds. The van der Waals surface area contributed by atoms with Crippen molar-refractivity contribution in [3.8, 4) is 0 Å². The minimum atomic E-state index is -4.36. The lowest BCUT2D eigenvalue weighted by Gasteiger charge is -2.29. The van der Waals surface area contributed by atoms with Crippen molar-refractivity contribution in [2.75, 3.05) is 25.7 Å². The summed E-state index contributed by atoms with van der Waals surface area (Å²) in [5.74, 6) is -1.20. The summed E-state index contributed by atoms with van der Waals surface area (Å²) in [5, 5.41) is 0.0796. The molecule has 172 valence electrons. The van der Waals surface area contributed by atoms with Crippen LogP contribution in [0.2, 0.25) is 10.0 Å². The molecule has 8 nitrogen and oxygen atoms in total. The Bertz CT molecular complexity index is 1120. The van der Waals surface area contributed by atoms with E-state index in [9.17, 15) is 18.0 Å². The fourth-order valence-corrected chi connectivity index (χ4v) is 5.70. The quantitative estimate of drug-likeness (QED) is 0.407. The molecule has 0 saturated carbocycles. The van der Waals surface area contributed by atoms with E-state index >= 15 is 0 Å². The van der Waals surface area contributed by atoms with Gasteiger partial charge in [-0.25, -0.2) is 13.3 Å². The normalized spacial score (nSPS) is 17.1. The molecular weight excluding hydrogens is 479 g/mol. The van der Waals surface area contributed by atoms with E-state index in [0.29, 0.717) is 5.69 Å². The van der Waals surface area contributed by atoms with Crippen LogP contribution in [0.15, 0.2) is 47.4 Å². The number of carbonyl (C=O) groups is 2. The van der Waals surface area contributed by atoms with Gasteiger partial charge in [0.05, 0.1) is 23.7 Å². The van der Waals surface area contributed by atoms with Crippen molar-refractivity contribution in [3.05, 3.63) is 58.1 Å². The minimum absolute atomic E-state index is 0.0713. The average Bonchev–Trinajstić information content (AvgIpc) is 3.04. The summed E-state index contributed by atoms with van der Waals surface area (Å²) >= 11 is 12.1. The fourth-order valence-electron chi connectivity index (χ4n) is 3.39. The minimum Gasteiger partial charge on any atom is -0.354 e. The van der Waals surface area contributed by atoms with Gasteiger partial charge in [-0.05, 0) is 37.3 Å². The zero-order chi connectivity index (χ0) is 23.6. The smallest absolute Gasteiger partial charge is 0.252 e. The lowest BCUT2D eigenvalue weighted by molar-refractivity contribution is -0.125. The highest BCUT2D eigenvalue weighted by Crippen LogP contribution is 2.33. The van der Waals surface area contributed by atoms with Crippen molar-refractivity contribution in [1.29, 1.82) is 0 Å². The molecule has 1 saturated heterocycles. The number of ether oxygens (including phenoxy) is 2. The lowest BCUT2D eigenvalue weighted by Crippen LogP contribution is -2.49. The summed E-state index contributed by atoms with van der Waals surface area (Å²) in [7, 11) is -1.69. The second kappa shape index (κ2) is 9.86. The Morgan fingerprint density at radius 1 is 1.09 bits per heavy atom. The first kappa shape index (κ1) is 24.6. The fraction of sp³-hybridized carbons (Fsp3) is 0.333. The van der Waals surface area contributed by atoms with Gasteiger partial charge in [0.2, 0.25) is 15.9 Å². The summed E-state index contributed by atoms with van der Waals surface area (Å²) in [6, 6.07) is 9.46. The molecule has 2 aromatic rings. The molecule has 2 aromatic carbocycles. The van der Waals surface area contributed by atoms with E-state index in [1.807, 2.05) is 6.92 Å². The van der Waals surface area contributed by atoms with E-state index in [-0.39, 0.29) is 27.9 Å². The highest BCUT2D eigenvalue weighted by Gasteiger charge is 2.48. The summed E-state index contributed by atoms with van der Waals surface area (Å²) in [4.78, 5) is 26.8. The largest absolute Gasteiger partial charge is 0.354 e. The first-order valence-electron chi connectivity index (χ1n) is 9.56. The van der Waals surface area contributed by atoms with Crippen LogP contribution >= 0.6 is 23.2 Å². The van der Waals surface area contributed by atoms with Gasteiger partial charge in [-0.3, -0.25) is 9.59 Å². The van der Waals surface area contributed by atoms with Crippen LogP contribution in [-0.2, 0) is 29.1 Å². The number of benzene rings is 2. The molecule has 0 bridgehead atoms. The maximum atomic E-state index is 13.6. The van der Waals surface area contributed by atoms with Crippen molar-refractivity contribution in [2.45, 2.75) is 30.6 Å². The van der Waals surface area contributed by atoms with Crippen molar-refractivity contribution in [3.63, 3.8) is 0 Å². The molecule has 3 rings (SSSR count). The number of halogens is 2. The molecule has 0 spiro atoms. The number of imide groups is 1. The molecule has 32 heavy (non-hydrogen) atoms. The molecule has 0 aliphatic carbocycles. The predicted octanol–water partition coefficient (Wildman–Crippen LogP) is 3.24. The number of methoxy groups -OCH3 is 2. The first-order valence-corrected chi connectivity index (χ1v) is 11.8. The third-order valence-electron chi connectivity index (χ3n) is 5.10. The summed E-state index contributed by atoms with van der Waals surface area (Å²) in [6.45, 7) is 1.53. The van der Waals surface area contributed by atoms with E-state index < -0.39 is 34.2 Å². The Labute approximate surface area is 196 Å². The highest BCUT2D eigenvalue weighted by molar-refractivity contribution is 7.89. The van der Waals surface area contributed by atoms with E-state index in [0.717, 1.165) is 14.8 Å². The first-order chi connectivity index (χ1) is 15.1. The van der Waals surface area contributed by atoms with Crippen LogP contribution < -0.4 is 4.90 Å². The molecular formula is C21H22Cl2N2O6S. The molecule has 1 aliphatic rings. The maximum Gasteiger partial charge on any atom is 0.252 e. The molecule has 1 atom stereocenters. The van der Waals surface area contributed by atoms with Crippen LogP contribution in [-0.4, -0.2) is 57.6 Å². The standard InChI is InChI=1S/C21H22Cl2N2O6S/c1-13-4-7-15(8-5-13)25-19(26)11-17(21(25)27)24(12-20(30-2)31-3)32(28,29)18-10-14(22)6-9-16(18)23/h4-10,17,20H,11-12H2,1-3H3. The number of sulfonamides is 1. The molecule has 0 radical (unpaired) electrons. The topological polar surface area (TPSA) is 93.2 Å². The van der Waals surface area contributed by atoms with Gasteiger partial charge in [-0.2, -0.15) is 4.31 Å². The van der Waals surface area contributed by atoms with Crippen molar-refractivity contribution in [2.24, 2.45) is 0 Å². The number of amides is 2. The number of hydrogen-bond acceptors (Lipinski definition) is 6. The van der Waals surface area contributed by atoms with Crippen LogP contribution in [0.25, 0.3) is 0 Å². The molecule has 1 unspecified atom stereocenters. The van der Waals surface area contributed by atoms with Crippen molar-refractivity contribution < 1.29 is 27.5 Å². The van der Waals surface area contributed by atoms with Crippen LogP contribution in [0.4, 0.5) is 5.69 Å². The van der Waals surface area contributed by atoms with E-state index in [1.165, 1.54) is 32.4 Å². The number of rotatable bonds is 8. The second-order valence-corrected chi connectivity index (χ2v) is 9.88. The van der Waals surface area contributed by atoms with Gasteiger partial charge in [0.1, 0.15) is 10.9 Å². The number of aryl methyl sites for hydroxylation is 1. The molecule has 1 heterocycles. The van der Waals surface area contributed by atoms with Gasteiger partial charge in [-0.15, -0.1) is 0 Å². The maximum absolute atomic E-state index is 13.6. The van der Waals surface area contributed by atoms with Crippen LogP contribution in [0.5, 0.6) is 0 Å².